The van der Waals surface area contributed by atoms with E-state index in [0.29, 0.717) is 0 Å². The number of carboxylic acids is 1. The number of hydrogen-bond acceptors (Lipinski definition) is 4. The van der Waals surface area contributed by atoms with Gasteiger partial charge in [0.15, 0.2) is 0 Å². The third kappa shape index (κ3) is 3.63. The van der Waals surface area contributed by atoms with Crippen molar-refractivity contribution < 1.29 is 44.3 Å². The molecule has 0 bridgehead atoms. The minimum absolute atomic E-state index is 0. The van der Waals surface area contributed by atoms with E-state index in [1.165, 1.54) is 6.20 Å². The van der Waals surface area contributed by atoms with Crippen molar-refractivity contribution >= 4 is 11.9 Å². The zero-order valence-corrected chi connectivity index (χ0v) is 9.84. The molecule has 70 valence electrons. The van der Waals surface area contributed by atoms with Crippen LogP contribution >= 0.6 is 0 Å². The summed E-state index contributed by atoms with van der Waals surface area (Å²) in [6.45, 7) is 0. The molecule has 0 spiro atoms. The molecule has 0 saturated heterocycles. The van der Waals surface area contributed by atoms with Crippen LogP contribution in [0.2, 0.25) is 0 Å². The van der Waals surface area contributed by atoms with Gasteiger partial charge in [0.25, 0.3) is 0 Å². The van der Waals surface area contributed by atoms with Crippen molar-refractivity contribution in [1.29, 1.82) is 0 Å². The van der Waals surface area contributed by atoms with Crippen LogP contribution in [0.25, 0.3) is 0 Å². The predicted molar refractivity (Wildman–Crippen MR) is 42.7 cm³/mol. The fourth-order valence-corrected chi connectivity index (χ4v) is 0.977. The summed E-state index contributed by atoms with van der Waals surface area (Å²) in [5, 5.41) is 10.1. The maximum Gasteiger partial charge on any atom is 1.00 e. The van der Waals surface area contributed by atoms with Crippen LogP contribution in [0.15, 0.2) is 24.4 Å². The average molecular weight is 204 g/mol. The molecule has 0 aliphatic carbocycles. The first kappa shape index (κ1) is 13.4. The second-order valence-corrected chi connectivity index (χ2v) is 2.57. The molecular formula is C8H9N2NaO3. The molecule has 1 atom stereocenters. The summed E-state index contributed by atoms with van der Waals surface area (Å²) < 4.78 is 0. The number of hydrogen-bond donors (Lipinski definition) is 1. The van der Waals surface area contributed by atoms with Crippen LogP contribution in [0, 0.1) is 0 Å². The summed E-state index contributed by atoms with van der Waals surface area (Å²) in [5.41, 5.74) is 5.51. The number of nitrogens with two attached hydrogens (primary N) is 1. The molecule has 0 aromatic heterocycles. The quantitative estimate of drug-likeness (QED) is 0.362. The van der Waals surface area contributed by atoms with E-state index in [9.17, 15) is 14.7 Å². The minimum atomic E-state index is -1.40. The van der Waals surface area contributed by atoms with E-state index >= 15 is 0 Å². The maximum absolute atomic E-state index is 11.2. The fraction of sp³-hybridized carbons (Fsp3) is 0.250. The molecule has 14 heavy (non-hydrogen) atoms. The fourth-order valence-electron chi connectivity index (χ4n) is 0.977. The smallest absolute Gasteiger partial charge is 0.550 e. The number of nitrogens with zero attached hydrogens (tertiary/aromatic N) is 1. The summed E-state index contributed by atoms with van der Waals surface area (Å²) in [5.74, 6) is -1.98. The first-order chi connectivity index (χ1) is 6.11. The van der Waals surface area contributed by atoms with E-state index in [2.05, 4.69) is 0 Å². The molecular weight excluding hydrogens is 195 g/mol. The van der Waals surface area contributed by atoms with E-state index in [1.807, 2.05) is 0 Å². The van der Waals surface area contributed by atoms with Crippen molar-refractivity contribution in [3.63, 3.8) is 0 Å². The largest absolute Gasteiger partial charge is 1.00 e. The van der Waals surface area contributed by atoms with E-state index < -0.39 is 24.5 Å². The Labute approximate surface area is 104 Å². The molecule has 0 radical (unpaired) electrons. The molecule has 1 heterocycles. The molecule has 6 heteroatoms. The van der Waals surface area contributed by atoms with Crippen molar-refractivity contribution in [2.75, 3.05) is 0 Å². The second-order valence-electron chi connectivity index (χ2n) is 2.57. The Balaban J connectivity index is 0.00000169. The van der Waals surface area contributed by atoms with E-state index in [1.54, 1.807) is 18.2 Å². The molecule has 0 saturated carbocycles. The average Bonchev–Trinajstić information content (AvgIpc) is 2.03. The molecule has 1 aliphatic rings. The van der Waals surface area contributed by atoms with Crippen LogP contribution in [0.1, 0.15) is 6.42 Å². The number of aliphatic carboxylic acids is 1. The Morgan fingerprint density at radius 3 is 2.57 bits per heavy atom. The summed E-state index contributed by atoms with van der Waals surface area (Å²) in [4.78, 5) is 22.4. The van der Waals surface area contributed by atoms with Gasteiger partial charge in [0, 0.05) is 6.20 Å². The number of allylic oxidation sites excluding steroid dienone is 2. The van der Waals surface area contributed by atoms with Crippen LogP contribution in [-0.2, 0) is 9.59 Å². The van der Waals surface area contributed by atoms with Gasteiger partial charge < -0.3 is 15.6 Å². The van der Waals surface area contributed by atoms with Crippen molar-refractivity contribution in [2.45, 2.75) is 12.6 Å². The predicted octanol–water partition coefficient (Wildman–Crippen LogP) is -4.67. The second kappa shape index (κ2) is 5.98. The van der Waals surface area contributed by atoms with Gasteiger partial charge in [-0.3, -0.25) is 9.69 Å². The van der Waals surface area contributed by atoms with Crippen molar-refractivity contribution in [3.8, 4) is 0 Å². The SMILES string of the molecule is NC1C=CC=CN1C(=O)CC(=O)[O-].[Na+]. The van der Waals surface area contributed by atoms with Crippen LogP contribution in [-0.4, -0.2) is 22.9 Å². The first-order valence-corrected chi connectivity index (χ1v) is 3.73. The number of rotatable bonds is 2. The van der Waals surface area contributed by atoms with E-state index in [0.717, 1.165) is 4.90 Å². The normalized spacial score (nSPS) is 18.9. The molecule has 1 unspecified atom stereocenters. The molecule has 1 amide bonds. The van der Waals surface area contributed by atoms with Gasteiger partial charge in [-0.2, -0.15) is 0 Å². The Kier molecular flexibility index (Phi) is 5.71. The van der Waals surface area contributed by atoms with Gasteiger partial charge in [-0.1, -0.05) is 6.08 Å². The zero-order chi connectivity index (χ0) is 9.84. The molecule has 1 rings (SSSR count). The summed E-state index contributed by atoms with van der Waals surface area (Å²) in [6.07, 6.45) is 5.09. The minimum Gasteiger partial charge on any atom is -0.550 e. The van der Waals surface area contributed by atoms with Gasteiger partial charge in [-0.05, 0) is 12.2 Å². The van der Waals surface area contributed by atoms with Gasteiger partial charge in [-0.15, -0.1) is 0 Å². The maximum atomic E-state index is 11.2. The summed E-state index contributed by atoms with van der Waals surface area (Å²) in [6, 6.07) is 0. The molecule has 0 aromatic carbocycles. The molecule has 1 aliphatic heterocycles. The molecule has 5 nitrogen and oxygen atoms in total. The van der Waals surface area contributed by atoms with Crippen LogP contribution in [0.4, 0.5) is 0 Å². The van der Waals surface area contributed by atoms with Gasteiger partial charge >= 0.3 is 29.6 Å². The van der Waals surface area contributed by atoms with E-state index in [-0.39, 0.29) is 29.6 Å². The van der Waals surface area contributed by atoms with Crippen molar-refractivity contribution in [2.24, 2.45) is 5.73 Å². The van der Waals surface area contributed by atoms with Gasteiger partial charge in [0.2, 0.25) is 5.91 Å². The van der Waals surface area contributed by atoms with Crippen molar-refractivity contribution in [1.82, 2.24) is 4.90 Å². The summed E-state index contributed by atoms with van der Waals surface area (Å²) in [7, 11) is 0. The third-order valence-electron chi connectivity index (χ3n) is 1.57. The standard InChI is InChI=1S/C8H10N2O3.Na/c9-6-3-1-2-4-10(6)7(11)5-8(12)13;/h1-4,6H,5,9H2,(H,12,13);/q;+1/p-1. The number of carbonyl (C=O) groups is 2. The summed E-state index contributed by atoms with van der Waals surface area (Å²) >= 11 is 0. The van der Waals surface area contributed by atoms with Gasteiger partial charge in [0.05, 0.1) is 12.4 Å². The third-order valence-corrected chi connectivity index (χ3v) is 1.57. The number of carbonyl (C=O) groups excluding carboxylic acids is 2. The Hall–Kier alpha value is -0.620. The Morgan fingerprint density at radius 1 is 1.43 bits per heavy atom. The molecule has 2 N–H and O–H groups in total. The molecule has 0 fully saturated rings. The van der Waals surface area contributed by atoms with E-state index in [4.69, 9.17) is 5.73 Å². The van der Waals surface area contributed by atoms with Gasteiger partial charge in [0.1, 0.15) is 6.17 Å². The van der Waals surface area contributed by atoms with Crippen LogP contribution in [0.3, 0.4) is 0 Å². The van der Waals surface area contributed by atoms with Gasteiger partial charge in [-0.25, -0.2) is 0 Å². The molecule has 0 aromatic rings. The number of carboxylic acid groups (broad SMARTS) is 1. The Morgan fingerprint density at radius 2 is 2.07 bits per heavy atom. The van der Waals surface area contributed by atoms with Crippen molar-refractivity contribution in [3.05, 3.63) is 24.4 Å². The monoisotopic (exact) mass is 204 g/mol. The Bertz CT molecular complexity index is 288. The number of amides is 1. The topological polar surface area (TPSA) is 86.5 Å². The first-order valence-electron chi connectivity index (χ1n) is 3.73. The van der Waals surface area contributed by atoms with Crippen LogP contribution < -0.4 is 40.4 Å². The zero-order valence-electron chi connectivity index (χ0n) is 7.84. The van der Waals surface area contributed by atoms with Crippen LogP contribution in [0.5, 0.6) is 0 Å².